The van der Waals surface area contributed by atoms with E-state index in [1.165, 1.54) is 18.4 Å². The number of benzene rings is 1. The highest BCUT2D eigenvalue weighted by Crippen LogP contribution is 2.24. The van der Waals surface area contributed by atoms with Crippen LogP contribution in [-0.2, 0) is 6.42 Å². The first-order chi connectivity index (χ1) is 10.6. The molecule has 0 bridgehead atoms. The minimum Gasteiger partial charge on any atom is -0.384 e. The van der Waals surface area contributed by atoms with Crippen molar-refractivity contribution in [3.63, 3.8) is 0 Å². The number of piperidine rings is 1. The van der Waals surface area contributed by atoms with Crippen LogP contribution in [0.2, 0.25) is 5.02 Å². The Morgan fingerprint density at radius 1 is 1.18 bits per heavy atom. The van der Waals surface area contributed by atoms with E-state index in [1.807, 2.05) is 20.0 Å². The van der Waals surface area contributed by atoms with E-state index in [-0.39, 0.29) is 0 Å². The average molecular weight is 315 g/mol. The van der Waals surface area contributed by atoms with E-state index in [1.54, 1.807) is 6.33 Å². The molecule has 1 aliphatic rings. The zero-order chi connectivity index (χ0) is 15.5. The molecule has 0 aliphatic carbocycles. The molecule has 3 rings (SSSR count). The fraction of sp³-hybridized carbons (Fsp3) is 0.375. The Morgan fingerprint density at radius 2 is 1.86 bits per heavy atom. The van der Waals surface area contributed by atoms with Crippen molar-refractivity contribution in [2.45, 2.75) is 19.3 Å². The minimum absolute atomic E-state index is 0.577. The van der Waals surface area contributed by atoms with Gasteiger partial charge in [-0.1, -0.05) is 23.7 Å². The Hall–Kier alpha value is -1.75. The van der Waals surface area contributed by atoms with Gasteiger partial charge in [0.15, 0.2) is 0 Å². The van der Waals surface area contributed by atoms with Crippen molar-refractivity contribution >= 4 is 36.5 Å². The lowest BCUT2D eigenvalue weighted by molar-refractivity contribution is 0.402. The summed E-state index contributed by atoms with van der Waals surface area (Å²) in [4.78, 5) is 10.8. The van der Waals surface area contributed by atoms with Gasteiger partial charge in [0.05, 0.1) is 0 Å². The van der Waals surface area contributed by atoms with Crippen molar-refractivity contribution in [1.82, 2.24) is 9.97 Å². The summed E-state index contributed by atoms with van der Waals surface area (Å²) in [6.07, 6.45) is 5.02. The normalized spacial score (nSPS) is 16.0. The second-order valence-electron chi connectivity index (χ2n) is 5.97. The van der Waals surface area contributed by atoms with Crippen molar-refractivity contribution in [1.29, 1.82) is 0 Å². The van der Waals surface area contributed by atoms with Gasteiger partial charge in [-0.2, -0.15) is 0 Å². The number of anilines is 2. The lowest BCUT2D eigenvalue weighted by Crippen LogP contribution is -2.38. The van der Waals surface area contributed by atoms with Crippen LogP contribution in [0.5, 0.6) is 0 Å². The van der Waals surface area contributed by atoms with Crippen LogP contribution >= 0.6 is 11.6 Å². The van der Waals surface area contributed by atoms with Crippen LogP contribution < -0.4 is 16.1 Å². The van der Waals surface area contributed by atoms with Gasteiger partial charge >= 0.3 is 0 Å². The monoisotopic (exact) mass is 314 g/mol. The van der Waals surface area contributed by atoms with Gasteiger partial charge in [0.2, 0.25) is 0 Å². The zero-order valence-corrected chi connectivity index (χ0v) is 13.6. The Bertz CT molecular complexity index is 639. The maximum Gasteiger partial charge on any atom is 0.149 e. The van der Waals surface area contributed by atoms with Crippen LogP contribution in [0.4, 0.5) is 11.6 Å². The summed E-state index contributed by atoms with van der Waals surface area (Å²) in [6, 6.07) is 8.20. The molecule has 2 N–H and O–H groups in total. The topological polar surface area (TPSA) is 55.0 Å². The van der Waals surface area contributed by atoms with Crippen LogP contribution in [0.25, 0.3) is 0 Å². The molecule has 1 saturated heterocycles. The molecule has 114 valence electrons. The molecule has 2 aromatic rings. The van der Waals surface area contributed by atoms with Crippen molar-refractivity contribution in [3.05, 3.63) is 41.2 Å². The number of nitrogens with two attached hydrogens (primary N) is 1. The van der Waals surface area contributed by atoms with E-state index in [0.29, 0.717) is 5.82 Å². The molecule has 1 aliphatic heterocycles. The number of aromatic nitrogens is 2. The highest BCUT2D eigenvalue weighted by Gasteiger charge is 2.22. The maximum atomic E-state index is 5.94. The van der Waals surface area contributed by atoms with E-state index in [0.717, 1.165) is 41.7 Å². The van der Waals surface area contributed by atoms with Gasteiger partial charge in [-0.15, -0.1) is 0 Å². The molecule has 0 saturated carbocycles. The summed E-state index contributed by atoms with van der Waals surface area (Å²) in [5, 5.41) is 0.801. The second-order valence-corrected chi connectivity index (χ2v) is 6.40. The Kier molecular flexibility index (Phi) is 4.53. The largest absolute Gasteiger partial charge is 0.384 e. The maximum absolute atomic E-state index is 5.94. The summed E-state index contributed by atoms with van der Waals surface area (Å²) in [7, 11) is 1.99. The molecule has 0 unspecified atom stereocenters. The van der Waals surface area contributed by atoms with Crippen molar-refractivity contribution in [3.8, 4) is 0 Å². The minimum atomic E-state index is 0.577. The van der Waals surface area contributed by atoms with Crippen LogP contribution in [0.3, 0.4) is 0 Å². The van der Waals surface area contributed by atoms with Gasteiger partial charge < -0.3 is 10.6 Å². The molecule has 1 fully saturated rings. The van der Waals surface area contributed by atoms with Gasteiger partial charge in [0.1, 0.15) is 25.8 Å². The summed E-state index contributed by atoms with van der Waals surface area (Å²) >= 11 is 5.94. The number of halogens is 1. The smallest absolute Gasteiger partial charge is 0.149 e. The zero-order valence-electron chi connectivity index (χ0n) is 12.8. The predicted octanol–water partition coefficient (Wildman–Crippen LogP) is 1.43. The fourth-order valence-corrected chi connectivity index (χ4v) is 3.20. The molecule has 0 amide bonds. The first-order valence-corrected chi connectivity index (χ1v) is 8.07. The Labute approximate surface area is 137 Å². The third-order valence-corrected chi connectivity index (χ3v) is 4.70. The molecule has 1 aromatic heterocycles. The molecule has 22 heavy (non-hydrogen) atoms. The first-order valence-electron chi connectivity index (χ1n) is 7.70. The lowest BCUT2D eigenvalue weighted by atomic mass is 9.89. The summed E-state index contributed by atoms with van der Waals surface area (Å²) in [6.45, 7) is 2.05. The highest BCUT2D eigenvalue weighted by atomic mass is 35.5. The third kappa shape index (κ3) is 3.35. The fourth-order valence-electron chi connectivity index (χ4n) is 3.08. The standard InChI is InChI=1S/C16H20BClN4/c17-14-15(19)20-10-21-16(14)22-7-5-12(6-8-22)9-11-1-3-13(18)4-2-11/h1-4,10,12H,5-9,17H2,(H2,19,20,21). The summed E-state index contributed by atoms with van der Waals surface area (Å²) in [5.74, 6) is 2.28. The van der Waals surface area contributed by atoms with E-state index < -0.39 is 0 Å². The third-order valence-electron chi connectivity index (χ3n) is 4.45. The van der Waals surface area contributed by atoms with E-state index in [4.69, 9.17) is 17.3 Å². The second kappa shape index (κ2) is 6.57. The predicted molar refractivity (Wildman–Crippen MR) is 94.7 cm³/mol. The highest BCUT2D eigenvalue weighted by molar-refractivity contribution is 6.38. The Morgan fingerprint density at radius 3 is 2.55 bits per heavy atom. The molecule has 2 heterocycles. The molecule has 0 atom stereocenters. The average Bonchev–Trinajstić information content (AvgIpc) is 2.53. The lowest BCUT2D eigenvalue weighted by Gasteiger charge is -2.33. The van der Waals surface area contributed by atoms with Crippen LogP contribution in [0.1, 0.15) is 18.4 Å². The van der Waals surface area contributed by atoms with Crippen LogP contribution in [0.15, 0.2) is 30.6 Å². The summed E-state index contributed by atoms with van der Waals surface area (Å²) in [5.41, 5.74) is 8.23. The van der Waals surface area contributed by atoms with E-state index in [9.17, 15) is 0 Å². The number of rotatable bonds is 3. The van der Waals surface area contributed by atoms with E-state index >= 15 is 0 Å². The van der Waals surface area contributed by atoms with Gasteiger partial charge in [0, 0.05) is 18.1 Å². The molecule has 0 radical (unpaired) electrons. The number of nitrogen functional groups attached to an aromatic ring is 1. The van der Waals surface area contributed by atoms with Gasteiger partial charge in [-0.3, -0.25) is 0 Å². The van der Waals surface area contributed by atoms with Crippen molar-refractivity contribution in [2.24, 2.45) is 5.92 Å². The van der Waals surface area contributed by atoms with E-state index in [2.05, 4.69) is 27.0 Å². The number of hydrogen-bond donors (Lipinski definition) is 1. The van der Waals surface area contributed by atoms with Crippen molar-refractivity contribution < 1.29 is 0 Å². The Balaban J connectivity index is 1.60. The molecular weight excluding hydrogens is 294 g/mol. The van der Waals surface area contributed by atoms with Gasteiger partial charge in [-0.05, 0) is 48.3 Å². The molecule has 1 aromatic carbocycles. The van der Waals surface area contributed by atoms with Crippen molar-refractivity contribution in [2.75, 3.05) is 23.7 Å². The quantitative estimate of drug-likeness (QED) is 0.871. The molecule has 4 nitrogen and oxygen atoms in total. The SMILES string of the molecule is Bc1c(N)ncnc1N1CCC(Cc2ccc(Cl)cc2)CC1. The van der Waals surface area contributed by atoms with Gasteiger partial charge in [-0.25, -0.2) is 9.97 Å². The molecular formula is C16H20BClN4. The number of nitrogens with zero attached hydrogens (tertiary/aromatic N) is 3. The first kappa shape index (κ1) is 15.2. The molecule has 0 spiro atoms. The van der Waals surface area contributed by atoms with Crippen LogP contribution in [0, 0.1) is 5.92 Å². The van der Waals surface area contributed by atoms with Crippen LogP contribution in [-0.4, -0.2) is 30.9 Å². The summed E-state index contributed by atoms with van der Waals surface area (Å²) < 4.78 is 0. The number of hydrogen-bond acceptors (Lipinski definition) is 4. The van der Waals surface area contributed by atoms with Gasteiger partial charge in [0.25, 0.3) is 0 Å². The molecule has 6 heteroatoms.